The first-order valence-electron chi connectivity index (χ1n) is 9.89. The minimum Gasteiger partial charge on any atom is -0.344 e. The van der Waals surface area contributed by atoms with E-state index in [9.17, 15) is 9.59 Å². The van der Waals surface area contributed by atoms with E-state index in [2.05, 4.69) is 39.7 Å². The molecular weight excluding hydrogens is 452 g/mol. The summed E-state index contributed by atoms with van der Waals surface area (Å²) in [6.45, 7) is 8.79. The number of amides is 2. The Morgan fingerprint density at radius 2 is 1.97 bits per heavy atom. The van der Waals surface area contributed by atoms with Gasteiger partial charge in [0.05, 0.1) is 11.4 Å². The van der Waals surface area contributed by atoms with Gasteiger partial charge in [-0.25, -0.2) is 4.98 Å². The Kier molecular flexibility index (Phi) is 7.50. The van der Waals surface area contributed by atoms with Gasteiger partial charge in [-0.1, -0.05) is 30.0 Å². The number of hydrogen-bond donors (Lipinski definition) is 1. The van der Waals surface area contributed by atoms with Crippen molar-refractivity contribution < 1.29 is 9.59 Å². The van der Waals surface area contributed by atoms with Gasteiger partial charge in [-0.05, 0) is 32.8 Å². The van der Waals surface area contributed by atoms with Gasteiger partial charge in [0.1, 0.15) is 4.88 Å². The average molecular weight is 479 g/mol. The molecule has 3 aromatic rings. The predicted octanol–water partition coefficient (Wildman–Crippen LogP) is 4.09. The number of aromatic nitrogens is 4. The maximum Gasteiger partial charge on any atom is 0.265 e. The number of carbonyl (C=O) groups excluding carboxylic acids is 2. The lowest BCUT2D eigenvalue weighted by Gasteiger charge is -2.08. The van der Waals surface area contributed by atoms with Crippen LogP contribution in [0.4, 0.5) is 5.13 Å². The quantitative estimate of drug-likeness (QED) is 0.490. The first-order valence-corrected chi connectivity index (χ1v) is 12.6. The van der Waals surface area contributed by atoms with Crippen LogP contribution in [-0.2, 0) is 17.8 Å². The fourth-order valence-corrected chi connectivity index (χ4v) is 5.87. The van der Waals surface area contributed by atoms with E-state index >= 15 is 0 Å². The van der Waals surface area contributed by atoms with E-state index in [-0.39, 0.29) is 17.6 Å². The lowest BCUT2D eigenvalue weighted by atomic mass is 10.1. The molecule has 3 aromatic heterocycles. The third kappa shape index (κ3) is 4.99. The third-order valence-electron chi connectivity index (χ3n) is 4.71. The van der Waals surface area contributed by atoms with E-state index in [1.54, 1.807) is 32.4 Å². The zero-order valence-electron chi connectivity index (χ0n) is 18.5. The van der Waals surface area contributed by atoms with Crippen molar-refractivity contribution in [3.63, 3.8) is 0 Å². The second kappa shape index (κ2) is 9.92. The lowest BCUT2D eigenvalue weighted by Crippen LogP contribution is -2.21. The highest BCUT2D eigenvalue weighted by molar-refractivity contribution is 7.99. The second-order valence-electron chi connectivity index (χ2n) is 7.06. The fourth-order valence-electron chi connectivity index (χ4n) is 3.12. The van der Waals surface area contributed by atoms with Gasteiger partial charge >= 0.3 is 0 Å². The predicted molar refractivity (Wildman–Crippen MR) is 127 cm³/mol. The van der Waals surface area contributed by atoms with E-state index < -0.39 is 0 Å². The minimum absolute atomic E-state index is 0.122. The maximum atomic E-state index is 12.5. The summed E-state index contributed by atoms with van der Waals surface area (Å²) in [6, 6.07) is 0. The van der Waals surface area contributed by atoms with Crippen LogP contribution in [0.3, 0.4) is 0 Å². The zero-order valence-corrected chi connectivity index (χ0v) is 20.9. The molecule has 0 aliphatic heterocycles. The van der Waals surface area contributed by atoms with Crippen LogP contribution < -0.4 is 5.32 Å². The highest BCUT2D eigenvalue weighted by Gasteiger charge is 2.20. The van der Waals surface area contributed by atoms with Gasteiger partial charge in [-0.3, -0.25) is 9.59 Å². The third-order valence-corrected chi connectivity index (χ3v) is 7.69. The summed E-state index contributed by atoms with van der Waals surface area (Å²) in [4.78, 5) is 32.3. The molecule has 0 aliphatic carbocycles. The van der Waals surface area contributed by atoms with Crippen molar-refractivity contribution in [3.8, 4) is 11.4 Å². The van der Waals surface area contributed by atoms with E-state index in [1.165, 1.54) is 38.4 Å². The maximum absolute atomic E-state index is 12.5. The van der Waals surface area contributed by atoms with Gasteiger partial charge in [0, 0.05) is 36.5 Å². The molecule has 0 saturated carbocycles. The molecule has 0 fully saturated rings. The number of nitrogens with zero attached hydrogens (tertiary/aromatic N) is 5. The summed E-state index contributed by atoms with van der Waals surface area (Å²) in [6.07, 6.45) is 0.942. The number of thiazole rings is 1. The number of aryl methyl sites for hydroxylation is 2. The number of rotatable bonds is 8. The Bertz CT molecular complexity index is 1100. The lowest BCUT2D eigenvalue weighted by molar-refractivity contribution is -0.113. The van der Waals surface area contributed by atoms with Crippen LogP contribution in [-0.4, -0.2) is 56.3 Å². The molecule has 0 unspecified atom stereocenters. The summed E-state index contributed by atoms with van der Waals surface area (Å²) in [5.41, 5.74) is 3.02. The normalized spacial score (nSPS) is 11.0. The molecule has 0 aliphatic rings. The molecule has 1 N–H and O–H groups in total. The molecule has 0 radical (unpaired) electrons. The Balaban J connectivity index is 1.69. The first kappa shape index (κ1) is 23.4. The number of thiophene rings is 1. The van der Waals surface area contributed by atoms with E-state index in [4.69, 9.17) is 0 Å². The zero-order chi connectivity index (χ0) is 22.7. The van der Waals surface area contributed by atoms with Crippen molar-refractivity contribution in [2.75, 3.05) is 25.2 Å². The van der Waals surface area contributed by atoms with Crippen LogP contribution in [0.5, 0.6) is 0 Å². The highest BCUT2D eigenvalue weighted by atomic mass is 32.2. The molecule has 0 atom stereocenters. The van der Waals surface area contributed by atoms with Crippen molar-refractivity contribution >= 4 is 51.4 Å². The molecule has 166 valence electrons. The van der Waals surface area contributed by atoms with Gasteiger partial charge < -0.3 is 14.8 Å². The molecule has 0 aromatic carbocycles. The number of hydrogen-bond acceptors (Lipinski definition) is 8. The highest BCUT2D eigenvalue weighted by Crippen LogP contribution is 2.32. The first-order chi connectivity index (χ1) is 14.8. The molecule has 11 heteroatoms. The summed E-state index contributed by atoms with van der Waals surface area (Å²) in [5, 5.41) is 14.8. The Morgan fingerprint density at radius 1 is 1.23 bits per heavy atom. The van der Waals surface area contributed by atoms with Crippen molar-refractivity contribution in [1.29, 1.82) is 0 Å². The van der Waals surface area contributed by atoms with Gasteiger partial charge in [0.25, 0.3) is 5.91 Å². The summed E-state index contributed by atoms with van der Waals surface area (Å²) < 4.78 is 2.04. The number of carbonyl (C=O) groups is 2. The van der Waals surface area contributed by atoms with Crippen molar-refractivity contribution in [3.05, 3.63) is 26.4 Å². The van der Waals surface area contributed by atoms with Crippen molar-refractivity contribution in [1.82, 2.24) is 24.6 Å². The molecule has 3 heterocycles. The smallest absolute Gasteiger partial charge is 0.265 e. The van der Waals surface area contributed by atoms with Crippen LogP contribution in [0, 0.1) is 13.8 Å². The Labute approximate surface area is 194 Å². The molecule has 0 saturated heterocycles. The largest absolute Gasteiger partial charge is 0.344 e. The van der Waals surface area contributed by atoms with E-state index in [1.807, 2.05) is 11.5 Å². The van der Waals surface area contributed by atoms with Gasteiger partial charge in [0.2, 0.25) is 5.91 Å². The SMILES string of the molecule is CCc1c(-c2nnc(SCC(=O)Nc3nc(C)c(C(=O)N(C)C)s3)n2CC)csc1C. The fraction of sp³-hybridized carbons (Fsp3) is 0.450. The van der Waals surface area contributed by atoms with Crippen molar-refractivity contribution in [2.45, 2.75) is 45.8 Å². The molecule has 2 amide bonds. The molecule has 3 rings (SSSR count). The second-order valence-corrected chi connectivity index (χ2v) is 10.1. The van der Waals surface area contributed by atoms with Gasteiger partial charge in [0.15, 0.2) is 16.1 Å². The molecule has 8 nitrogen and oxygen atoms in total. The van der Waals surface area contributed by atoms with Gasteiger partial charge in [-0.2, -0.15) is 0 Å². The van der Waals surface area contributed by atoms with E-state index in [0.717, 1.165) is 17.8 Å². The van der Waals surface area contributed by atoms with Gasteiger partial charge in [-0.15, -0.1) is 21.5 Å². The Morgan fingerprint density at radius 3 is 2.61 bits per heavy atom. The van der Waals surface area contributed by atoms with Crippen LogP contribution in [0.25, 0.3) is 11.4 Å². The van der Waals surface area contributed by atoms with Crippen LogP contribution in [0.2, 0.25) is 0 Å². The monoisotopic (exact) mass is 478 g/mol. The molecular formula is C20H26N6O2S3. The molecule has 0 bridgehead atoms. The van der Waals surface area contributed by atoms with Crippen LogP contribution in [0.15, 0.2) is 10.5 Å². The van der Waals surface area contributed by atoms with E-state index in [0.29, 0.717) is 27.4 Å². The van der Waals surface area contributed by atoms with Crippen LogP contribution >= 0.6 is 34.4 Å². The molecule has 0 spiro atoms. The van der Waals surface area contributed by atoms with Crippen molar-refractivity contribution in [2.24, 2.45) is 0 Å². The molecule has 31 heavy (non-hydrogen) atoms. The standard InChI is InChI=1S/C20H26N6O2S3/c1-7-13-12(4)29-9-14(13)17-23-24-20(26(17)8-2)30-10-15(27)22-19-21-11(3)16(31-19)18(28)25(5)6/h9H,7-8,10H2,1-6H3,(H,21,22,27). The topological polar surface area (TPSA) is 93.0 Å². The minimum atomic E-state index is -0.199. The average Bonchev–Trinajstić information content (AvgIpc) is 3.41. The Hall–Kier alpha value is -2.24. The summed E-state index contributed by atoms with van der Waals surface area (Å²) in [7, 11) is 3.38. The summed E-state index contributed by atoms with van der Waals surface area (Å²) in [5.74, 6) is 0.699. The van der Waals surface area contributed by atoms with Crippen LogP contribution in [0.1, 0.15) is 39.7 Å². The number of nitrogens with one attached hydrogen (secondary N) is 1. The summed E-state index contributed by atoms with van der Waals surface area (Å²) >= 11 is 4.25. The number of thioether (sulfide) groups is 1. The number of anilines is 1.